The fourth-order valence-electron chi connectivity index (χ4n) is 2.50. The van der Waals surface area contributed by atoms with Gasteiger partial charge in [0.2, 0.25) is 0 Å². The van der Waals surface area contributed by atoms with Crippen molar-refractivity contribution >= 4 is 0 Å². The molecular weight excluding hydrogens is 200 g/mol. The van der Waals surface area contributed by atoms with Crippen molar-refractivity contribution in [2.45, 2.75) is 58.2 Å². The van der Waals surface area contributed by atoms with Crippen molar-refractivity contribution in [1.29, 1.82) is 0 Å². The summed E-state index contributed by atoms with van der Waals surface area (Å²) in [4.78, 5) is 2.61. The van der Waals surface area contributed by atoms with E-state index < -0.39 is 0 Å². The number of methoxy groups -OCH3 is 1. The molecule has 0 aromatic carbocycles. The highest BCUT2D eigenvalue weighted by Crippen LogP contribution is 2.19. The highest BCUT2D eigenvalue weighted by atomic mass is 16.5. The molecule has 3 heteroatoms. The lowest BCUT2D eigenvalue weighted by molar-refractivity contribution is 0.0456. The van der Waals surface area contributed by atoms with E-state index in [1.165, 1.54) is 25.8 Å². The Morgan fingerprint density at radius 3 is 2.69 bits per heavy atom. The maximum atomic E-state index is 5.36. The average Bonchev–Trinajstić information content (AvgIpc) is 2.25. The number of hydrogen-bond acceptors (Lipinski definition) is 3. The number of piperidine rings is 1. The van der Waals surface area contributed by atoms with Gasteiger partial charge in [-0.15, -0.1) is 0 Å². The quantitative estimate of drug-likeness (QED) is 0.751. The van der Waals surface area contributed by atoms with Crippen LogP contribution in [0, 0.1) is 0 Å². The van der Waals surface area contributed by atoms with E-state index in [-0.39, 0.29) is 0 Å². The second-order valence-electron chi connectivity index (χ2n) is 5.25. The van der Waals surface area contributed by atoms with Crippen LogP contribution < -0.4 is 5.32 Å². The zero-order valence-corrected chi connectivity index (χ0v) is 11.3. The van der Waals surface area contributed by atoms with Crippen LogP contribution in [-0.4, -0.2) is 49.8 Å². The van der Waals surface area contributed by atoms with Crippen LogP contribution >= 0.6 is 0 Å². The van der Waals surface area contributed by atoms with Gasteiger partial charge in [-0.25, -0.2) is 0 Å². The Kier molecular flexibility index (Phi) is 6.32. The minimum atomic E-state index is 0.530. The lowest BCUT2D eigenvalue weighted by Gasteiger charge is -2.39. The minimum Gasteiger partial charge on any atom is -0.383 e. The topological polar surface area (TPSA) is 24.5 Å². The van der Waals surface area contributed by atoms with E-state index in [0.29, 0.717) is 18.1 Å². The number of rotatable bonds is 6. The molecule has 0 bridgehead atoms. The van der Waals surface area contributed by atoms with Crippen LogP contribution in [0.5, 0.6) is 0 Å². The van der Waals surface area contributed by atoms with Crippen molar-refractivity contribution in [3.8, 4) is 0 Å². The fraction of sp³-hybridized carbons (Fsp3) is 1.00. The van der Waals surface area contributed by atoms with E-state index in [0.717, 1.165) is 13.2 Å². The highest BCUT2D eigenvalue weighted by molar-refractivity contribution is 4.82. The van der Waals surface area contributed by atoms with Gasteiger partial charge in [-0.05, 0) is 26.3 Å². The maximum Gasteiger partial charge on any atom is 0.0630 e. The molecule has 1 fully saturated rings. The summed E-state index contributed by atoms with van der Waals surface area (Å²) in [6, 6.07) is 1.80. The summed E-state index contributed by atoms with van der Waals surface area (Å²) in [6.07, 6.45) is 4.06. The van der Waals surface area contributed by atoms with E-state index in [4.69, 9.17) is 4.74 Å². The average molecular weight is 228 g/mol. The maximum absolute atomic E-state index is 5.36. The third kappa shape index (κ3) is 4.40. The molecule has 2 atom stereocenters. The van der Waals surface area contributed by atoms with Crippen molar-refractivity contribution in [3.05, 3.63) is 0 Å². The molecule has 0 aliphatic carbocycles. The smallest absolute Gasteiger partial charge is 0.0630 e. The molecule has 0 saturated carbocycles. The molecule has 1 N–H and O–H groups in total. The Hall–Kier alpha value is -0.120. The molecule has 0 aromatic rings. The first-order valence-electron chi connectivity index (χ1n) is 6.63. The molecule has 1 aliphatic heterocycles. The molecule has 0 amide bonds. The summed E-state index contributed by atoms with van der Waals surface area (Å²) in [5.41, 5.74) is 0. The number of nitrogens with zero attached hydrogens (tertiary/aromatic N) is 1. The normalized spacial score (nSPS) is 24.9. The summed E-state index contributed by atoms with van der Waals surface area (Å²) >= 11 is 0. The molecule has 3 nitrogen and oxygen atoms in total. The Morgan fingerprint density at radius 1 is 1.38 bits per heavy atom. The molecule has 0 aromatic heterocycles. The molecule has 0 spiro atoms. The van der Waals surface area contributed by atoms with Gasteiger partial charge in [-0.3, -0.25) is 4.90 Å². The lowest BCUT2D eigenvalue weighted by atomic mass is 10.0. The van der Waals surface area contributed by atoms with E-state index in [2.05, 4.69) is 31.0 Å². The standard InChI is InChI=1S/C13H28N2O/c1-11(2)14-9-13(10-16-4)15-8-6-5-7-12(15)3/h11-14H,5-10H2,1-4H3. The number of nitrogens with one attached hydrogen (secondary N) is 1. The van der Waals surface area contributed by atoms with Crippen molar-refractivity contribution in [2.24, 2.45) is 0 Å². The first kappa shape index (κ1) is 13.9. The third-order valence-corrected chi connectivity index (χ3v) is 3.44. The van der Waals surface area contributed by atoms with Gasteiger partial charge in [0.15, 0.2) is 0 Å². The van der Waals surface area contributed by atoms with Crippen molar-refractivity contribution in [2.75, 3.05) is 26.8 Å². The van der Waals surface area contributed by atoms with Crippen molar-refractivity contribution < 1.29 is 4.74 Å². The van der Waals surface area contributed by atoms with E-state index >= 15 is 0 Å². The number of likely N-dealkylation sites (tertiary alicyclic amines) is 1. The molecule has 1 saturated heterocycles. The molecule has 96 valence electrons. The molecule has 1 aliphatic rings. The van der Waals surface area contributed by atoms with Crippen molar-refractivity contribution in [1.82, 2.24) is 10.2 Å². The Bertz CT molecular complexity index is 185. The molecule has 16 heavy (non-hydrogen) atoms. The molecule has 0 radical (unpaired) electrons. The summed E-state index contributed by atoms with van der Waals surface area (Å²) in [5.74, 6) is 0. The second kappa shape index (κ2) is 7.25. The summed E-state index contributed by atoms with van der Waals surface area (Å²) < 4.78 is 5.36. The molecular formula is C13H28N2O. The Balaban J connectivity index is 2.46. The monoisotopic (exact) mass is 228 g/mol. The highest BCUT2D eigenvalue weighted by Gasteiger charge is 2.25. The van der Waals surface area contributed by atoms with Crippen LogP contribution in [0.1, 0.15) is 40.0 Å². The first-order valence-corrected chi connectivity index (χ1v) is 6.63. The van der Waals surface area contributed by atoms with Gasteiger partial charge < -0.3 is 10.1 Å². The number of ether oxygens (including phenoxy) is 1. The minimum absolute atomic E-state index is 0.530. The largest absolute Gasteiger partial charge is 0.383 e. The fourth-order valence-corrected chi connectivity index (χ4v) is 2.50. The zero-order valence-electron chi connectivity index (χ0n) is 11.3. The van der Waals surface area contributed by atoms with Gasteiger partial charge in [0.05, 0.1) is 6.61 Å². The lowest BCUT2D eigenvalue weighted by Crippen LogP contribution is -2.52. The van der Waals surface area contributed by atoms with Gasteiger partial charge in [-0.1, -0.05) is 20.3 Å². The zero-order chi connectivity index (χ0) is 12.0. The Labute approximate surface area is 101 Å². The molecule has 1 heterocycles. The van der Waals surface area contributed by atoms with E-state index in [9.17, 15) is 0 Å². The number of hydrogen-bond donors (Lipinski definition) is 1. The van der Waals surface area contributed by atoms with E-state index in [1.807, 2.05) is 0 Å². The predicted molar refractivity (Wildman–Crippen MR) is 68.8 cm³/mol. The van der Waals surface area contributed by atoms with Gasteiger partial charge >= 0.3 is 0 Å². The van der Waals surface area contributed by atoms with Crippen LogP contribution in [0.15, 0.2) is 0 Å². The van der Waals surface area contributed by atoms with E-state index in [1.54, 1.807) is 7.11 Å². The first-order chi connectivity index (χ1) is 7.65. The Morgan fingerprint density at radius 2 is 2.12 bits per heavy atom. The van der Waals surface area contributed by atoms with Crippen molar-refractivity contribution in [3.63, 3.8) is 0 Å². The molecule has 2 unspecified atom stereocenters. The van der Waals surface area contributed by atoms with Gasteiger partial charge in [-0.2, -0.15) is 0 Å². The van der Waals surface area contributed by atoms with Gasteiger partial charge in [0.25, 0.3) is 0 Å². The summed E-state index contributed by atoms with van der Waals surface area (Å²) in [6.45, 7) is 9.85. The molecule has 1 rings (SSSR count). The van der Waals surface area contributed by atoms with Crippen LogP contribution in [0.2, 0.25) is 0 Å². The van der Waals surface area contributed by atoms with Crippen LogP contribution in [0.25, 0.3) is 0 Å². The predicted octanol–water partition coefficient (Wildman–Crippen LogP) is 1.87. The van der Waals surface area contributed by atoms with Gasteiger partial charge in [0.1, 0.15) is 0 Å². The third-order valence-electron chi connectivity index (χ3n) is 3.44. The van der Waals surface area contributed by atoms with Crippen LogP contribution in [-0.2, 0) is 4.74 Å². The van der Waals surface area contributed by atoms with Crippen LogP contribution in [0.4, 0.5) is 0 Å². The van der Waals surface area contributed by atoms with Crippen LogP contribution in [0.3, 0.4) is 0 Å². The SMILES string of the molecule is COCC(CNC(C)C)N1CCCCC1C. The summed E-state index contributed by atoms with van der Waals surface area (Å²) in [5, 5.41) is 3.53. The van der Waals surface area contributed by atoms with Gasteiger partial charge in [0, 0.05) is 31.8 Å². The summed E-state index contributed by atoms with van der Waals surface area (Å²) in [7, 11) is 1.80. The second-order valence-corrected chi connectivity index (χ2v) is 5.25.